The molecule has 1 aliphatic heterocycles. The van der Waals surface area contributed by atoms with Gasteiger partial charge in [0.1, 0.15) is 24.3 Å². The number of aliphatic hydroxyl groups excluding tert-OH is 1. The molecule has 5 heteroatoms. The Kier molecular flexibility index (Phi) is 7.27. The van der Waals surface area contributed by atoms with Crippen molar-refractivity contribution in [2.45, 2.75) is 38.9 Å². The number of likely N-dealkylation sites (tertiary alicyclic amines) is 1. The number of ether oxygens (including phenoxy) is 2. The molecule has 1 aromatic carbocycles. The second-order valence-electron chi connectivity index (χ2n) is 6.65. The number of nitrogens with zero attached hydrogens (tertiary/aromatic N) is 1. The number of hydrogen-bond donors (Lipinski definition) is 1. The highest BCUT2D eigenvalue weighted by molar-refractivity contribution is 5.22. The van der Waals surface area contributed by atoms with Crippen LogP contribution in [0.5, 0.6) is 5.75 Å². The fraction of sp³-hybridized carbons (Fsp3) is 0.667. The zero-order valence-electron chi connectivity index (χ0n) is 14.1. The zero-order valence-corrected chi connectivity index (χ0v) is 14.1. The van der Waals surface area contributed by atoms with Gasteiger partial charge >= 0.3 is 0 Å². The maximum absolute atomic E-state index is 12.8. The molecule has 0 spiro atoms. The van der Waals surface area contributed by atoms with Gasteiger partial charge in [-0.25, -0.2) is 4.39 Å². The second kappa shape index (κ2) is 9.21. The maximum Gasteiger partial charge on any atom is 0.123 e. The molecule has 0 radical (unpaired) electrons. The molecule has 4 nitrogen and oxygen atoms in total. The summed E-state index contributed by atoms with van der Waals surface area (Å²) in [6.45, 7) is 7.83. The van der Waals surface area contributed by atoms with Gasteiger partial charge in [-0.15, -0.1) is 0 Å². The molecule has 0 aliphatic carbocycles. The van der Waals surface area contributed by atoms with Crippen molar-refractivity contribution < 1.29 is 19.0 Å². The molecule has 2 rings (SSSR count). The first-order valence-corrected chi connectivity index (χ1v) is 8.43. The third-order valence-corrected chi connectivity index (χ3v) is 3.92. The van der Waals surface area contributed by atoms with Gasteiger partial charge in [0.05, 0.1) is 6.10 Å². The first-order chi connectivity index (χ1) is 11.0. The van der Waals surface area contributed by atoms with Crippen LogP contribution >= 0.6 is 0 Å². The lowest BCUT2D eigenvalue weighted by molar-refractivity contribution is -0.0156. The first-order valence-electron chi connectivity index (χ1n) is 8.43. The summed E-state index contributed by atoms with van der Waals surface area (Å²) in [4.78, 5) is 2.24. The molecule has 1 aromatic rings. The molecule has 130 valence electrons. The smallest absolute Gasteiger partial charge is 0.123 e. The van der Waals surface area contributed by atoms with Crippen LogP contribution in [0.3, 0.4) is 0 Å². The van der Waals surface area contributed by atoms with Gasteiger partial charge in [-0.3, -0.25) is 0 Å². The summed E-state index contributed by atoms with van der Waals surface area (Å²) in [6, 6.07) is 5.84. The Morgan fingerprint density at radius 2 is 1.83 bits per heavy atom. The Hall–Kier alpha value is -1.17. The van der Waals surface area contributed by atoms with Crippen molar-refractivity contribution in [2.24, 2.45) is 5.92 Å². The van der Waals surface area contributed by atoms with Gasteiger partial charge in [0, 0.05) is 26.2 Å². The van der Waals surface area contributed by atoms with E-state index in [1.54, 1.807) is 12.1 Å². The fourth-order valence-corrected chi connectivity index (χ4v) is 2.66. The number of β-amino-alcohol motifs (C(OH)–C–C–N with tert-alkyl or cyclic N) is 1. The van der Waals surface area contributed by atoms with Crippen molar-refractivity contribution in [3.8, 4) is 5.75 Å². The molecule has 1 unspecified atom stereocenters. The molecule has 1 heterocycles. The molecule has 0 bridgehead atoms. The van der Waals surface area contributed by atoms with Crippen molar-refractivity contribution in [1.82, 2.24) is 4.90 Å². The minimum absolute atomic E-state index is 0.218. The lowest BCUT2D eigenvalue weighted by Crippen LogP contribution is -2.42. The van der Waals surface area contributed by atoms with E-state index in [9.17, 15) is 9.50 Å². The molecule has 1 fully saturated rings. The predicted molar refractivity (Wildman–Crippen MR) is 88.2 cm³/mol. The Bertz CT molecular complexity index is 444. The van der Waals surface area contributed by atoms with E-state index in [2.05, 4.69) is 18.7 Å². The van der Waals surface area contributed by atoms with E-state index >= 15 is 0 Å². The van der Waals surface area contributed by atoms with Crippen LogP contribution in [0.25, 0.3) is 0 Å². The van der Waals surface area contributed by atoms with Crippen LogP contribution in [0.15, 0.2) is 24.3 Å². The Morgan fingerprint density at radius 1 is 1.17 bits per heavy atom. The van der Waals surface area contributed by atoms with E-state index < -0.39 is 6.10 Å². The molecule has 0 amide bonds. The van der Waals surface area contributed by atoms with Crippen molar-refractivity contribution in [3.05, 3.63) is 30.1 Å². The van der Waals surface area contributed by atoms with Crippen LogP contribution in [-0.4, -0.2) is 55.1 Å². The molecule has 1 saturated heterocycles. The second-order valence-corrected chi connectivity index (χ2v) is 6.65. The van der Waals surface area contributed by atoms with Crippen molar-refractivity contribution in [2.75, 3.05) is 32.8 Å². The van der Waals surface area contributed by atoms with E-state index in [-0.39, 0.29) is 12.4 Å². The van der Waals surface area contributed by atoms with E-state index in [1.807, 2.05) is 0 Å². The zero-order chi connectivity index (χ0) is 16.7. The van der Waals surface area contributed by atoms with Gasteiger partial charge in [0.25, 0.3) is 0 Å². The molecular formula is C18H28FNO3. The number of benzene rings is 1. The fourth-order valence-electron chi connectivity index (χ4n) is 2.66. The summed E-state index contributed by atoms with van der Waals surface area (Å²) in [5.74, 6) is 0.852. The number of hydrogen-bond acceptors (Lipinski definition) is 4. The molecule has 1 aliphatic rings. The molecule has 0 aromatic heterocycles. The lowest BCUT2D eigenvalue weighted by Gasteiger charge is -2.33. The largest absolute Gasteiger partial charge is 0.491 e. The summed E-state index contributed by atoms with van der Waals surface area (Å²) < 4.78 is 24.2. The predicted octanol–water partition coefficient (Wildman–Crippen LogP) is 2.70. The van der Waals surface area contributed by atoms with Crippen LogP contribution in [-0.2, 0) is 4.74 Å². The van der Waals surface area contributed by atoms with Crippen LogP contribution < -0.4 is 4.74 Å². The SMILES string of the molecule is CC(C)COC1CCN(CC(O)COc2ccc(F)cc2)CC1. The Labute approximate surface area is 138 Å². The van der Waals surface area contributed by atoms with Gasteiger partial charge in [-0.05, 0) is 43.0 Å². The summed E-state index contributed by atoms with van der Waals surface area (Å²) in [7, 11) is 0. The summed E-state index contributed by atoms with van der Waals surface area (Å²) in [6.07, 6.45) is 1.82. The van der Waals surface area contributed by atoms with Crippen LogP contribution in [0.4, 0.5) is 4.39 Å². The molecule has 1 atom stereocenters. The molecule has 0 saturated carbocycles. The maximum atomic E-state index is 12.8. The average molecular weight is 325 g/mol. The average Bonchev–Trinajstić information content (AvgIpc) is 2.53. The topological polar surface area (TPSA) is 41.9 Å². The quantitative estimate of drug-likeness (QED) is 0.798. The number of rotatable bonds is 8. The molecule has 23 heavy (non-hydrogen) atoms. The monoisotopic (exact) mass is 325 g/mol. The van der Waals surface area contributed by atoms with Gasteiger partial charge in [-0.1, -0.05) is 13.8 Å². The summed E-state index contributed by atoms with van der Waals surface area (Å²) in [5.41, 5.74) is 0. The van der Waals surface area contributed by atoms with Gasteiger partial charge < -0.3 is 19.5 Å². The molecular weight excluding hydrogens is 297 g/mol. The summed E-state index contributed by atoms with van der Waals surface area (Å²) >= 11 is 0. The van der Waals surface area contributed by atoms with Crippen molar-refractivity contribution in [1.29, 1.82) is 0 Å². The number of piperidine rings is 1. The summed E-state index contributed by atoms with van der Waals surface area (Å²) in [5, 5.41) is 10.1. The van der Waals surface area contributed by atoms with Crippen molar-refractivity contribution in [3.63, 3.8) is 0 Å². The van der Waals surface area contributed by atoms with E-state index in [4.69, 9.17) is 9.47 Å². The van der Waals surface area contributed by atoms with Crippen molar-refractivity contribution >= 4 is 0 Å². The first kappa shape index (κ1) is 18.2. The van der Waals surface area contributed by atoms with Crippen LogP contribution in [0, 0.1) is 11.7 Å². The highest BCUT2D eigenvalue weighted by Gasteiger charge is 2.21. The minimum atomic E-state index is -0.548. The minimum Gasteiger partial charge on any atom is -0.491 e. The normalized spacial score (nSPS) is 18.3. The number of halogens is 1. The lowest BCUT2D eigenvalue weighted by atomic mass is 10.1. The standard InChI is InChI=1S/C18H28FNO3/c1-14(2)12-22-18-7-9-20(10-8-18)11-16(21)13-23-17-5-3-15(19)4-6-17/h3-6,14,16,18,21H,7-13H2,1-2H3. The highest BCUT2D eigenvalue weighted by Crippen LogP contribution is 2.16. The molecule has 1 N–H and O–H groups in total. The van der Waals surface area contributed by atoms with E-state index in [0.29, 0.717) is 24.3 Å². The van der Waals surface area contributed by atoms with Crippen LogP contribution in [0.1, 0.15) is 26.7 Å². The Morgan fingerprint density at radius 3 is 2.43 bits per heavy atom. The Balaban J connectivity index is 1.62. The van der Waals surface area contributed by atoms with Gasteiger partial charge in [-0.2, -0.15) is 0 Å². The van der Waals surface area contributed by atoms with E-state index in [1.165, 1.54) is 12.1 Å². The number of aliphatic hydroxyl groups is 1. The third-order valence-electron chi connectivity index (χ3n) is 3.92. The van der Waals surface area contributed by atoms with Gasteiger partial charge in [0.2, 0.25) is 0 Å². The van der Waals surface area contributed by atoms with Gasteiger partial charge in [0.15, 0.2) is 0 Å². The third kappa shape index (κ3) is 6.85. The highest BCUT2D eigenvalue weighted by atomic mass is 19.1. The van der Waals surface area contributed by atoms with Crippen LogP contribution in [0.2, 0.25) is 0 Å². The van der Waals surface area contributed by atoms with E-state index in [0.717, 1.165) is 32.5 Å².